The molecule has 1 N–H and O–H groups in total. The van der Waals surface area contributed by atoms with E-state index in [1.807, 2.05) is 46.7 Å². The summed E-state index contributed by atoms with van der Waals surface area (Å²) in [7, 11) is 0. The van der Waals surface area contributed by atoms with Crippen molar-refractivity contribution in [1.82, 2.24) is 9.88 Å². The Morgan fingerprint density at radius 1 is 1.13 bits per heavy atom. The minimum absolute atomic E-state index is 0.000593. The summed E-state index contributed by atoms with van der Waals surface area (Å²) in [5, 5.41) is 12.0. The largest absolute Gasteiger partial charge is 0.484 e. The average Bonchev–Trinajstić information content (AvgIpc) is 3.28. The lowest BCUT2D eigenvalue weighted by Gasteiger charge is -2.34. The number of aromatic nitrogens is 1. The van der Waals surface area contributed by atoms with Crippen molar-refractivity contribution >= 4 is 23.2 Å². The summed E-state index contributed by atoms with van der Waals surface area (Å²) >= 11 is 1.51. The molecule has 1 aliphatic rings. The van der Waals surface area contributed by atoms with Crippen LogP contribution in [0, 0.1) is 0 Å². The van der Waals surface area contributed by atoms with Crippen molar-refractivity contribution in [2.45, 2.75) is 25.3 Å². The van der Waals surface area contributed by atoms with Gasteiger partial charge in [0, 0.05) is 17.5 Å². The molecule has 0 aliphatic carbocycles. The highest BCUT2D eigenvalue weighted by Gasteiger charge is 2.30. The Hall–Kier alpha value is -3.19. The number of carbonyl (C=O) groups is 2. The number of carboxylic acid groups (broad SMARTS) is 1. The number of rotatable bonds is 6. The number of likely N-dealkylation sites (tertiary alicyclic amines) is 1. The number of para-hydroxylation sites is 1. The summed E-state index contributed by atoms with van der Waals surface area (Å²) in [5.41, 5.74) is 1.73. The smallest absolute Gasteiger partial charge is 0.335 e. The fraction of sp³-hybridized carbons (Fsp3) is 0.261. The molecule has 0 radical (unpaired) electrons. The molecule has 4 rings (SSSR count). The fourth-order valence-corrected chi connectivity index (χ4v) is 4.59. The molecule has 1 saturated heterocycles. The molecule has 1 aromatic heterocycles. The number of carbonyl (C=O) groups excluding carboxylic acids is 1. The zero-order valence-electron chi connectivity index (χ0n) is 16.4. The predicted octanol–water partition coefficient (Wildman–Crippen LogP) is 4.64. The van der Waals surface area contributed by atoms with Gasteiger partial charge in [-0.3, -0.25) is 4.79 Å². The molecule has 2 heterocycles. The molecule has 0 saturated carbocycles. The van der Waals surface area contributed by atoms with Crippen molar-refractivity contribution < 1.29 is 19.4 Å². The molecule has 154 valence electrons. The number of hydrogen-bond donors (Lipinski definition) is 1. The molecule has 0 spiro atoms. The molecule has 1 atom stereocenters. The monoisotopic (exact) mass is 422 g/mol. The van der Waals surface area contributed by atoms with Gasteiger partial charge in [0.25, 0.3) is 5.91 Å². The van der Waals surface area contributed by atoms with E-state index in [-0.39, 0.29) is 24.1 Å². The van der Waals surface area contributed by atoms with Crippen molar-refractivity contribution in [2.24, 2.45) is 0 Å². The second-order valence-corrected chi connectivity index (χ2v) is 8.05. The maximum atomic E-state index is 12.9. The first kappa shape index (κ1) is 20.1. The molecule has 30 heavy (non-hydrogen) atoms. The average molecular weight is 423 g/mol. The Bertz CT molecular complexity index is 1030. The number of benzene rings is 2. The second-order valence-electron chi connectivity index (χ2n) is 7.16. The molecule has 0 bridgehead atoms. The Kier molecular flexibility index (Phi) is 6.09. The number of thiazole rings is 1. The number of aromatic carboxylic acids is 1. The zero-order valence-corrected chi connectivity index (χ0v) is 17.2. The van der Waals surface area contributed by atoms with E-state index in [0.717, 1.165) is 35.5 Å². The van der Waals surface area contributed by atoms with Gasteiger partial charge in [0.2, 0.25) is 0 Å². The highest BCUT2D eigenvalue weighted by Crippen LogP contribution is 2.35. The molecule has 6 nitrogen and oxygen atoms in total. The van der Waals surface area contributed by atoms with Gasteiger partial charge in [-0.05, 0) is 43.5 Å². The first-order valence-corrected chi connectivity index (χ1v) is 10.8. The highest BCUT2D eigenvalue weighted by molar-refractivity contribution is 7.10. The van der Waals surface area contributed by atoms with E-state index in [0.29, 0.717) is 12.3 Å². The van der Waals surface area contributed by atoms with Crippen LogP contribution in [-0.2, 0) is 4.79 Å². The van der Waals surface area contributed by atoms with Crippen molar-refractivity contribution in [3.05, 3.63) is 70.5 Å². The van der Waals surface area contributed by atoms with E-state index in [1.165, 1.54) is 11.3 Å². The standard InChI is InChI=1S/C23H22N2O4S/c26-21(14-29-18-9-2-1-3-10-18)25-12-5-4-11-20(25)22-24-19(15-30-22)16-7-6-8-17(13-16)23(27)28/h1-3,6-10,13,15,20H,4-5,11-12,14H2,(H,27,28). The molecule has 3 aromatic rings. The van der Waals surface area contributed by atoms with E-state index in [4.69, 9.17) is 9.72 Å². The molecule has 7 heteroatoms. The van der Waals surface area contributed by atoms with Crippen LogP contribution in [-0.4, -0.2) is 40.0 Å². The summed E-state index contributed by atoms with van der Waals surface area (Å²) in [6.45, 7) is 0.685. The van der Waals surface area contributed by atoms with E-state index in [9.17, 15) is 14.7 Å². The number of hydrogen-bond acceptors (Lipinski definition) is 5. The first-order valence-electron chi connectivity index (χ1n) is 9.88. The van der Waals surface area contributed by atoms with Crippen LogP contribution in [0.25, 0.3) is 11.3 Å². The third-order valence-electron chi connectivity index (χ3n) is 5.14. The molecule has 1 unspecified atom stereocenters. The normalized spacial score (nSPS) is 16.3. The maximum absolute atomic E-state index is 12.9. The van der Waals surface area contributed by atoms with Crippen LogP contribution < -0.4 is 4.74 Å². The summed E-state index contributed by atoms with van der Waals surface area (Å²) in [4.78, 5) is 30.7. The van der Waals surface area contributed by atoms with Gasteiger partial charge in [-0.1, -0.05) is 30.3 Å². The summed E-state index contributed by atoms with van der Waals surface area (Å²) in [6.07, 6.45) is 2.86. The predicted molar refractivity (Wildman–Crippen MR) is 115 cm³/mol. The fourth-order valence-electron chi connectivity index (χ4n) is 3.62. The van der Waals surface area contributed by atoms with E-state index in [2.05, 4.69) is 0 Å². The number of piperidine rings is 1. The van der Waals surface area contributed by atoms with Crippen molar-refractivity contribution in [2.75, 3.05) is 13.2 Å². The van der Waals surface area contributed by atoms with Crippen LogP contribution in [0.15, 0.2) is 60.0 Å². The van der Waals surface area contributed by atoms with Crippen molar-refractivity contribution in [3.8, 4) is 17.0 Å². The van der Waals surface area contributed by atoms with Gasteiger partial charge < -0.3 is 14.7 Å². The number of carboxylic acids is 1. The molecule has 1 aliphatic heterocycles. The Morgan fingerprint density at radius 2 is 1.97 bits per heavy atom. The quantitative estimate of drug-likeness (QED) is 0.626. The first-order chi connectivity index (χ1) is 14.6. The molecule has 1 fully saturated rings. The third-order valence-corrected chi connectivity index (χ3v) is 6.09. The maximum Gasteiger partial charge on any atom is 0.335 e. The van der Waals surface area contributed by atoms with Crippen LogP contribution in [0.1, 0.15) is 40.7 Å². The highest BCUT2D eigenvalue weighted by atomic mass is 32.1. The minimum Gasteiger partial charge on any atom is -0.484 e. The van der Waals surface area contributed by atoms with Gasteiger partial charge in [-0.25, -0.2) is 9.78 Å². The Balaban J connectivity index is 1.50. The lowest BCUT2D eigenvalue weighted by Crippen LogP contribution is -2.41. The SMILES string of the molecule is O=C(O)c1cccc(-c2csc(C3CCCCN3C(=O)COc3ccccc3)n2)c1. The number of ether oxygens (including phenoxy) is 1. The van der Waals surface area contributed by atoms with Gasteiger partial charge in [-0.2, -0.15) is 0 Å². The topological polar surface area (TPSA) is 79.7 Å². The van der Waals surface area contributed by atoms with Gasteiger partial charge in [0.1, 0.15) is 10.8 Å². The Morgan fingerprint density at radius 3 is 2.77 bits per heavy atom. The lowest BCUT2D eigenvalue weighted by molar-refractivity contribution is -0.137. The van der Waals surface area contributed by atoms with Crippen LogP contribution in [0.3, 0.4) is 0 Å². The summed E-state index contributed by atoms with van der Waals surface area (Å²) < 4.78 is 5.65. The van der Waals surface area contributed by atoms with Crippen LogP contribution in [0.5, 0.6) is 5.75 Å². The molecule has 2 aromatic carbocycles. The zero-order chi connectivity index (χ0) is 20.9. The number of amides is 1. The third kappa shape index (κ3) is 4.52. The number of nitrogens with zero attached hydrogens (tertiary/aromatic N) is 2. The molecule has 1 amide bonds. The van der Waals surface area contributed by atoms with Gasteiger partial charge in [0.05, 0.1) is 17.3 Å². The van der Waals surface area contributed by atoms with E-state index < -0.39 is 5.97 Å². The summed E-state index contributed by atoms with van der Waals surface area (Å²) in [6, 6.07) is 16.0. The van der Waals surface area contributed by atoms with Gasteiger partial charge in [0.15, 0.2) is 6.61 Å². The van der Waals surface area contributed by atoms with E-state index >= 15 is 0 Å². The Labute approximate surface area is 178 Å². The van der Waals surface area contributed by atoms with Gasteiger partial charge in [-0.15, -0.1) is 11.3 Å². The molecular weight excluding hydrogens is 400 g/mol. The minimum atomic E-state index is -0.963. The van der Waals surface area contributed by atoms with E-state index in [1.54, 1.807) is 18.2 Å². The van der Waals surface area contributed by atoms with Crippen molar-refractivity contribution in [1.29, 1.82) is 0 Å². The van der Waals surface area contributed by atoms with Crippen LogP contribution in [0.4, 0.5) is 0 Å². The molecular formula is C23H22N2O4S. The van der Waals surface area contributed by atoms with Crippen molar-refractivity contribution in [3.63, 3.8) is 0 Å². The lowest BCUT2D eigenvalue weighted by atomic mass is 10.0. The second kappa shape index (κ2) is 9.09. The van der Waals surface area contributed by atoms with Crippen LogP contribution >= 0.6 is 11.3 Å². The van der Waals surface area contributed by atoms with Crippen LogP contribution in [0.2, 0.25) is 0 Å². The summed E-state index contributed by atoms with van der Waals surface area (Å²) in [5.74, 6) is -0.336. The van der Waals surface area contributed by atoms with Gasteiger partial charge >= 0.3 is 5.97 Å².